The van der Waals surface area contributed by atoms with Gasteiger partial charge in [-0.15, -0.1) is 0 Å². The van der Waals surface area contributed by atoms with Crippen LogP contribution in [0.2, 0.25) is 0 Å². The third-order valence-corrected chi connectivity index (χ3v) is 3.22. The Labute approximate surface area is 109 Å². The zero-order valence-corrected chi connectivity index (χ0v) is 11.3. The molecule has 2 amide bonds. The highest BCUT2D eigenvalue weighted by Crippen LogP contribution is 2.19. The number of carbonyl (C=O) groups is 2. The minimum atomic E-state index is -0.520. The lowest BCUT2D eigenvalue weighted by Gasteiger charge is -2.35. The quantitative estimate of drug-likeness (QED) is 0.721. The first-order chi connectivity index (χ1) is 8.56. The molecule has 1 aliphatic rings. The van der Waals surface area contributed by atoms with Crippen LogP contribution in [0.25, 0.3) is 0 Å². The van der Waals surface area contributed by atoms with E-state index >= 15 is 0 Å². The zero-order chi connectivity index (χ0) is 13.5. The molecule has 0 aromatic carbocycles. The molecule has 1 aliphatic heterocycles. The molecule has 2 N–H and O–H groups in total. The summed E-state index contributed by atoms with van der Waals surface area (Å²) in [6, 6.07) is 0.0149. The first-order valence-corrected chi connectivity index (χ1v) is 6.76. The molecule has 5 nitrogen and oxygen atoms in total. The molecule has 1 unspecified atom stereocenters. The monoisotopic (exact) mass is 256 g/mol. The van der Waals surface area contributed by atoms with E-state index in [0.717, 1.165) is 19.3 Å². The molecule has 0 aliphatic carbocycles. The van der Waals surface area contributed by atoms with Crippen LogP contribution in [0.4, 0.5) is 0 Å². The Kier molecular flexibility index (Phi) is 6.12. The Balaban J connectivity index is 2.54. The second-order valence-corrected chi connectivity index (χ2v) is 5.26. The van der Waals surface area contributed by atoms with E-state index in [4.69, 9.17) is 5.11 Å². The predicted octanol–water partition coefficient (Wildman–Crippen LogP) is 0.522. The highest BCUT2D eigenvalue weighted by molar-refractivity contribution is 6.35. The smallest absolute Gasteiger partial charge is 0.312 e. The molecule has 1 atom stereocenters. The van der Waals surface area contributed by atoms with Crippen LogP contribution in [0.3, 0.4) is 0 Å². The Bertz CT molecular complexity index is 290. The van der Waals surface area contributed by atoms with Gasteiger partial charge in [-0.3, -0.25) is 9.59 Å². The van der Waals surface area contributed by atoms with Gasteiger partial charge < -0.3 is 15.3 Å². The average Bonchev–Trinajstić information content (AvgIpc) is 2.36. The van der Waals surface area contributed by atoms with Crippen LogP contribution in [0.5, 0.6) is 0 Å². The number of likely N-dealkylation sites (tertiary alicyclic amines) is 1. The number of rotatable bonds is 4. The molecule has 0 spiro atoms. The molecule has 0 bridgehead atoms. The van der Waals surface area contributed by atoms with Gasteiger partial charge in [-0.2, -0.15) is 0 Å². The molecule has 1 rings (SSSR count). The van der Waals surface area contributed by atoms with Gasteiger partial charge in [0.25, 0.3) is 0 Å². The first kappa shape index (κ1) is 15.0. The fourth-order valence-corrected chi connectivity index (χ4v) is 2.22. The number of piperidine rings is 1. The van der Waals surface area contributed by atoms with Crippen molar-refractivity contribution in [3.8, 4) is 0 Å². The molecule has 0 saturated carbocycles. The summed E-state index contributed by atoms with van der Waals surface area (Å²) in [5.41, 5.74) is 0. The van der Waals surface area contributed by atoms with Crippen molar-refractivity contribution >= 4 is 11.8 Å². The Morgan fingerprint density at radius 3 is 2.72 bits per heavy atom. The SMILES string of the molecule is CC(C)CNC(=O)C(=O)N1CCCCC1CCO. The summed E-state index contributed by atoms with van der Waals surface area (Å²) < 4.78 is 0. The summed E-state index contributed by atoms with van der Waals surface area (Å²) in [5, 5.41) is 11.6. The summed E-state index contributed by atoms with van der Waals surface area (Å²) in [7, 11) is 0. The number of aliphatic hydroxyl groups excluding tert-OH is 1. The minimum Gasteiger partial charge on any atom is -0.396 e. The molecule has 104 valence electrons. The van der Waals surface area contributed by atoms with E-state index in [1.54, 1.807) is 4.90 Å². The van der Waals surface area contributed by atoms with E-state index in [-0.39, 0.29) is 12.6 Å². The number of hydrogen-bond acceptors (Lipinski definition) is 3. The maximum Gasteiger partial charge on any atom is 0.312 e. The topological polar surface area (TPSA) is 69.6 Å². The van der Waals surface area contributed by atoms with Crippen molar-refractivity contribution in [1.82, 2.24) is 10.2 Å². The summed E-state index contributed by atoms with van der Waals surface area (Å²) in [6.07, 6.45) is 3.43. The number of hydrogen-bond donors (Lipinski definition) is 2. The average molecular weight is 256 g/mol. The number of nitrogens with one attached hydrogen (secondary N) is 1. The van der Waals surface area contributed by atoms with Gasteiger partial charge >= 0.3 is 11.8 Å². The third kappa shape index (κ3) is 4.29. The lowest BCUT2D eigenvalue weighted by Crippen LogP contribution is -2.50. The van der Waals surface area contributed by atoms with Crippen molar-refractivity contribution in [2.45, 2.75) is 45.6 Å². The molecular weight excluding hydrogens is 232 g/mol. The number of nitrogens with zero attached hydrogens (tertiary/aromatic N) is 1. The van der Waals surface area contributed by atoms with Crippen LogP contribution in [-0.4, -0.2) is 47.6 Å². The van der Waals surface area contributed by atoms with Crippen LogP contribution in [-0.2, 0) is 9.59 Å². The summed E-state index contributed by atoms with van der Waals surface area (Å²) in [6.45, 7) is 5.17. The van der Waals surface area contributed by atoms with Crippen LogP contribution in [0.15, 0.2) is 0 Å². The molecule has 0 aromatic rings. The largest absolute Gasteiger partial charge is 0.396 e. The van der Waals surface area contributed by atoms with Gasteiger partial charge in [0.1, 0.15) is 0 Å². The van der Waals surface area contributed by atoms with Gasteiger partial charge in [0.15, 0.2) is 0 Å². The summed E-state index contributed by atoms with van der Waals surface area (Å²) in [5.74, 6) is -0.640. The van der Waals surface area contributed by atoms with Gasteiger partial charge in [0, 0.05) is 25.7 Å². The van der Waals surface area contributed by atoms with Crippen molar-refractivity contribution in [2.24, 2.45) is 5.92 Å². The fraction of sp³-hybridized carbons (Fsp3) is 0.846. The third-order valence-electron chi connectivity index (χ3n) is 3.22. The zero-order valence-electron chi connectivity index (χ0n) is 11.3. The van der Waals surface area contributed by atoms with E-state index in [1.807, 2.05) is 13.8 Å². The maximum absolute atomic E-state index is 12.0. The van der Waals surface area contributed by atoms with Crippen molar-refractivity contribution < 1.29 is 14.7 Å². The van der Waals surface area contributed by atoms with Crippen molar-refractivity contribution in [1.29, 1.82) is 0 Å². The number of amides is 2. The predicted molar refractivity (Wildman–Crippen MR) is 68.9 cm³/mol. The molecule has 1 fully saturated rings. The van der Waals surface area contributed by atoms with E-state index in [9.17, 15) is 9.59 Å². The number of carbonyl (C=O) groups excluding carboxylic acids is 2. The van der Waals surface area contributed by atoms with Crippen LogP contribution in [0, 0.1) is 5.92 Å². The molecule has 0 radical (unpaired) electrons. The van der Waals surface area contributed by atoms with Crippen molar-refractivity contribution in [2.75, 3.05) is 19.7 Å². The van der Waals surface area contributed by atoms with E-state index in [1.165, 1.54) is 0 Å². The molecule has 1 heterocycles. The first-order valence-electron chi connectivity index (χ1n) is 6.76. The lowest BCUT2D eigenvalue weighted by molar-refractivity contribution is -0.148. The van der Waals surface area contributed by atoms with Crippen LogP contribution in [0.1, 0.15) is 39.5 Å². The number of aliphatic hydroxyl groups is 1. The van der Waals surface area contributed by atoms with Gasteiger partial charge in [0.05, 0.1) is 0 Å². The summed E-state index contributed by atoms with van der Waals surface area (Å²) in [4.78, 5) is 25.4. The van der Waals surface area contributed by atoms with Gasteiger partial charge in [-0.05, 0) is 31.6 Å². The van der Waals surface area contributed by atoms with Crippen molar-refractivity contribution in [3.63, 3.8) is 0 Å². The second kappa shape index (κ2) is 7.36. The summed E-state index contributed by atoms with van der Waals surface area (Å²) >= 11 is 0. The Morgan fingerprint density at radius 1 is 1.39 bits per heavy atom. The highest BCUT2D eigenvalue weighted by Gasteiger charge is 2.30. The molecule has 5 heteroatoms. The molecule has 18 heavy (non-hydrogen) atoms. The molecule has 1 saturated heterocycles. The fourth-order valence-electron chi connectivity index (χ4n) is 2.22. The van der Waals surface area contributed by atoms with Gasteiger partial charge in [-0.25, -0.2) is 0 Å². The van der Waals surface area contributed by atoms with Gasteiger partial charge in [-0.1, -0.05) is 13.8 Å². The Hall–Kier alpha value is -1.10. The van der Waals surface area contributed by atoms with E-state index < -0.39 is 11.8 Å². The standard InChI is InChI=1S/C13H24N2O3/c1-10(2)9-14-12(17)13(18)15-7-4-3-5-11(15)6-8-16/h10-11,16H,3-9H2,1-2H3,(H,14,17). The van der Waals surface area contributed by atoms with E-state index in [2.05, 4.69) is 5.32 Å². The lowest BCUT2D eigenvalue weighted by atomic mass is 9.99. The highest BCUT2D eigenvalue weighted by atomic mass is 16.3. The Morgan fingerprint density at radius 2 is 2.11 bits per heavy atom. The second-order valence-electron chi connectivity index (χ2n) is 5.26. The van der Waals surface area contributed by atoms with E-state index in [0.29, 0.717) is 25.4 Å². The van der Waals surface area contributed by atoms with Crippen LogP contribution < -0.4 is 5.32 Å². The normalized spacial score (nSPS) is 20.0. The minimum absolute atomic E-state index is 0.0149. The maximum atomic E-state index is 12.0. The van der Waals surface area contributed by atoms with Gasteiger partial charge in [0.2, 0.25) is 0 Å². The molecular formula is C13H24N2O3. The molecule has 0 aromatic heterocycles. The van der Waals surface area contributed by atoms with Crippen LogP contribution >= 0.6 is 0 Å². The van der Waals surface area contributed by atoms with Crippen molar-refractivity contribution in [3.05, 3.63) is 0 Å².